The van der Waals surface area contributed by atoms with E-state index in [2.05, 4.69) is 0 Å². The fourth-order valence-electron chi connectivity index (χ4n) is 2.35. The van der Waals surface area contributed by atoms with Crippen LogP contribution in [0.5, 0.6) is 0 Å². The Hall–Kier alpha value is -1.42. The van der Waals surface area contributed by atoms with Crippen molar-refractivity contribution in [3.05, 3.63) is 29.6 Å². The number of benzene rings is 1. The van der Waals surface area contributed by atoms with Crippen molar-refractivity contribution in [1.29, 1.82) is 0 Å². The van der Waals surface area contributed by atoms with Crippen LogP contribution in [0.15, 0.2) is 18.2 Å². The van der Waals surface area contributed by atoms with E-state index in [0.717, 1.165) is 26.0 Å². The van der Waals surface area contributed by atoms with Crippen molar-refractivity contribution in [2.24, 2.45) is 0 Å². The smallest absolute Gasteiger partial charge is 0.155 e. The van der Waals surface area contributed by atoms with Crippen molar-refractivity contribution in [3.63, 3.8) is 0 Å². The Labute approximate surface area is 107 Å². The zero-order chi connectivity index (χ0) is 13.0. The van der Waals surface area contributed by atoms with Gasteiger partial charge < -0.3 is 9.64 Å². The van der Waals surface area contributed by atoms with E-state index in [0.29, 0.717) is 18.5 Å². The summed E-state index contributed by atoms with van der Waals surface area (Å²) < 4.78 is 19.2. The average Bonchev–Trinajstić information content (AvgIpc) is 2.88. The maximum absolute atomic E-state index is 13.6. The second kappa shape index (κ2) is 5.96. The van der Waals surface area contributed by atoms with Crippen LogP contribution in [0, 0.1) is 5.82 Å². The highest BCUT2D eigenvalue weighted by Gasteiger charge is 2.20. The van der Waals surface area contributed by atoms with Gasteiger partial charge in [0.1, 0.15) is 5.82 Å². The van der Waals surface area contributed by atoms with Crippen molar-refractivity contribution in [2.45, 2.75) is 25.9 Å². The highest BCUT2D eigenvalue weighted by atomic mass is 19.1. The third-order valence-electron chi connectivity index (χ3n) is 3.32. The van der Waals surface area contributed by atoms with Crippen molar-refractivity contribution < 1.29 is 13.9 Å². The number of nitrogens with zero attached hydrogens (tertiary/aromatic N) is 1. The number of ether oxygens (including phenoxy) is 1. The van der Waals surface area contributed by atoms with Crippen molar-refractivity contribution in [1.82, 2.24) is 0 Å². The van der Waals surface area contributed by atoms with E-state index in [9.17, 15) is 9.18 Å². The molecule has 0 aromatic heterocycles. The molecule has 1 aliphatic heterocycles. The number of aldehydes is 1. The van der Waals surface area contributed by atoms with Crippen molar-refractivity contribution in [2.75, 3.05) is 24.6 Å². The Morgan fingerprint density at radius 3 is 3.00 bits per heavy atom. The summed E-state index contributed by atoms with van der Waals surface area (Å²) in [6.45, 7) is 4.23. The first-order valence-electron chi connectivity index (χ1n) is 6.36. The van der Waals surface area contributed by atoms with E-state index in [1.165, 1.54) is 6.07 Å². The summed E-state index contributed by atoms with van der Waals surface area (Å²) in [5.41, 5.74) is 0.792. The van der Waals surface area contributed by atoms with Crippen LogP contribution in [0.3, 0.4) is 0 Å². The summed E-state index contributed by atoms with van der Waals surface area (Å²) in [4.78, 5) is 13.0. The van der Waals surface area contributed by atoms with Crippen LogP contribution in [0.2, 0.25) is 0 Å². The maximum Gasteiger partial charge on any atom is 0.155 e. The minimum atomic E-state index is -0.465. The molecule has 0 N–H and O–H groups in total. The van der Waals surface area contributed by atoms with Gasteiger partial charge in [-0.25, -0.2) is 4.39 Å². The van der Waals surface area contributed by atoms with E-state index < -0.39 is 5.82 Å². The van der Waals surface area contributed by atoms with Gasteiger partial charge in [0.15, 0.2) is 6.29 Å². The maximum atomic E-state index is 13.6. The highest BCUT2D eigenvalue weighted by Crippen LogP contribution is 2.23. The monoisotopic (exact) mass is 251 g/mol. The minimum absolute atomic E-state index is 0.136. The molecule has 3 nitrogen and oxygen atoms in total. The van der Waals surface area contributed by atoms with Gasteiger partial charge in [-0.15, -0.1) is 0 Å². The summed E-state index contributed by atoms with van der Waals surface area (Å²) in [5, 5.41) is 0. The van der Waals surface area contributed by atoms with E-state index >= 15 is 0 Å². The fourth-order valence-corrected chi connectivity index (χ4v) is 2.35. The minimum Gasteiger partial charge on any atom is -0.376 e. The lowest BCUT2D eigenvalue weighted by Crippen LogP contribution is -2.32. The molecule has 0 radical (unpaired) electrons. The van der Waals surface area contributed by atoms with E-state index in [-0.39, 0.29) is 11.7 Å². The number of anilines is 1. The van der Waals surface area contributed by atoms with Gasteiger partial charge in [-0.2, -0.15) is 0 Å². The number of hydrogen-bond acceptors (Lipinski definition) is 3. The zero-order valence-electron chi connectivity index (χ0n) is 10.6. The number of carbonyl (C=O) groups is 1. The van der Waals surface area contributed by atoms with Gasteiger partial charge in [0.25, 0.3) is 0 Å². The Morgan fingerprint density at radius 2 is 2.39 bits per heavy atom. The molecular formula is C14H18FNO2. The molecule has 1 fully saturated rings. The number of hydrogen-bond donors (Lipinski definition) is 0. The molecule has 0 aliphatic carbocycles. The molecule has 0 amide bonds. The lowest BCUT2D eigenvalue weighted by atomic mass is 10.1. The van der Waals surface area contributed by atoms with Crippen LogP contribution in [0.4, 0.5) is 10.1 Å². The normalized spacial score (nSPS) is 18.9. The van der Waals surface area contributed by atoms with Crippen molar-refractivity contribution in [3.8, 4) is 0 Å². The van der Waals surface area contributed by atoms with Gasteiger partial charge >= 0.3 is 0 Å². The second-order valence-electron chi connectivity index (χ2n) is 4.46. The summed E-state index contributed by atoms with van der Waals surface area (Å²) in [7, 11) is 0. The van der Waals surface area contributed by atoms with E-state index in [1.807, 2.05) is 11.8 Å². The molecule has 0 bridgehead atoms. The number of rotatable bonds is 5. The first-order valence-corrected chi connectivity index (χ1v) is 6.36. The Bertz CT molecular complexity index is 416. The van der Waals surface area contributed by atoms with Gasteiger partial charge in [-0.1, -0.05) is 6.07 Å². The number of carbonyl (C=O) groups excluding carboxylic acids is 1. The lowest BCUT2D eigenvalue weighted by molar-refractivity contribution is 0.111. The molecular weight excluding hydrogens is 233 g/mol. The number of halogens is 1. The topological polar surface area (TPSA) is 29.5 Å². The predicted molar refractivity (Wildman–Crippen MR) is 68.6 cm³/mol. The molecule has 1 unspecified atom stereocenters. The molecule has 2 rings (SSSR count). The third-order valence-corrected chi connectivity index (χ3v) is 3.32. The number of likely N-dealkylation sites (N-methyl/N-ethyl adjacent to an activating group) is 1. The molecule has 98 valence electrons. The van der Waals surface area contributed by atoms with Crippen LogP contribution >= 0.6 is 0 Å². The van der Waals surface area contributed by atoms with Gasteiger partial charge in [-0.05, 0) is 31.9 Å². The van der Waals surface area contributed by atoms with Gasteiger partial charge in [0, 0.05) is 19.7 Å². The Morgan fingerprint density at radius 1 is 1.56 bits per heavy atom. The van der Waals surface area contributed by atoms with Gasteiger partial charge in [0.2, 0.25) is 0 Å². The highest BCUT2D eigenvalue weighted by molar-refractivity contribution is 5.85. The third kappa shape index (κ3) is 2.70. The zero-order valence-corrected chi connectivity index (χ0v) is 10.6. The molecule has 1 aliphatic rings. The van der Waals surface area contributed by atoms with Crippen LogP contribution in [-0.4, -0.2) is 32.1 Å². The average molecular weight is 251 g/mol. The van der Waals surface area contributed by atoms with Crippen LogP contribution in [0.25, 0.3) is 0 Å². The summed E-state index contributed by atoms with van der Waals surface area (Å²) in [6, 6.07) is 4.73. The SMILES string of the molecule is CCN(CC1CCCO1)c1cccc(F)c1C=O. The van der Waals surface area contributed by atoms with E-state index in [1.54, 1.807) is 12.1 Å². The van der Waals surface area contributed by atoms with Crippen LogP contribution in [-0.2, 0) is 4.74 Å². The van der Waals surface area contributed by atoms with Gasteiger partial charge in [0.05, 0.1) is 17.4 Å². The van der Waals surface area contributed by atoms with Crippen LogP contribution in [0.1, 0.15) is 30.1 Å². The Kier molecular flexibility index (Phi) is 4.31. The van der Waals surface area contributed by atoms with Crippen molar-refractivity contribution >= 4 is 12.0 Å². The van der Waals surface area contributed by atoms with Gasteiger partial charge in [-0.3, -0.25) is 4.79 Å². The molecule has 0 spiro atoms. The first-order chi connectivity index (χ1) is 8.76. The molecule has 0 saturated carbocycles. The molecule has 18 heavy (non-hydrogen) atoms. The molecule has 1 atom stereocenters. The van der Waals surface area contributed by atoms with Crippen LogP contribution < -0.4 is 4.90 Å². The largest absolute Gasteiger partial charge is 0.376 e. The summed E-state index contributed by atoms with van der Waals surface area (Å²) in [6.07, 6.45) is 2.88. The Balaban J connectivity index is 2.20. The first kappa shape index (κ1) is 13.0. The quantitative estimate of drug-likeness (QED) is 0.753. The molecule has 1 aromatic rings. The molecule has 1 heterocycles. The molecule has 1 aromatic carbocycles. The molecule has 1 saturated heterocycles. The lowest BCUT2D eigenvalue weighted by Gasteiger charge is -2.27. The summed E-state index contributed by atoms with van der Waals surface area (Å²) in [5.74, 6) is -0.465. The fraction of sp³-hybridized carbons (Fsp3) is 0.500. The molecule has 4 heteroatoms. The summed E-state index contributed by atoms with van der Waals surface area (Å²) >= 11 is 0. The predicted octanol–water partition coefficient (Wildman–Crippen LogP) is 2.64. The standard InChI is InChI=1S/C14H18FNO2/c1-2-16(9-11-5-4-8-18-11)14-7-3-6-13(15)12(14)10-17/h3,6-7,10-11H,2,4-5,8-9H2,1H3. The van der Waals surface area contributed by atoms with E-state index in [4.69, 9.17) is 4.74 Å². The second-order valence-corrected chi connectivity index (χ2v) is 4.46.